The van der Waals surface area contributed by atoms with E-state index in [-0.39, 0.29) is 29.4 Å². The third-order valence-corrected chi connectivity index (χ3v) is 5.31. The minimum absolute atomic E-state index is 0. The standard InChI is InChI=1S/C20H29N3OS.HI/c1-5-21-18(23-15-20(4,24)17-12-9-13-25-17)22-14-19(2,3)16-10-7-6-8-11-16;/h6-13,24H,5,14-15H2,1-4H3,(H2,21,22,23);1H. The molecule has 0 spiro atoms. The summed E-state index contributed by atoms with van der Waals surface area (Å²) in [5, 5.41) is 19.2. The van der Waals surface area contributed by atoms with Crippen molar-refractivity contribution in [2.24, 2.45) is 4.99 Å². The van der Waals surface area contributed by atoms with E-state index in [2.05, 4.69) is 48.7 Å². The molecule has 0 aliphatic heterocycles. The van der Waals surface area contributed by atoms with E-state index >= 15 is 0 Å². The number of guanidine groups is 1. The average molecular weight is 487 g/mol. The summed E-state index contributed by atoms with van der Waals surface area (Å²) in [5.41, 5.74) is 0.291. The van der Waals surface area contributed by atoms with Crippen molar-refractivity contribution in [3.8, 4) is 0 Å². The van der Waals surface area contributed by atoms with Gasteiger partial charge in [-0.05, 0) is 30.9 Å². The largest absolute Gasteiger partial charge is 0.383 e. The first kappa shape index (κ1) is 22.9. The molecule has 1 atom stereocenters. The van der Waals surface area contributed by atoms with Gasteiger partial charge in [0.1, 0.15) is 5.60 Å². The number of nitrogens with zero attached hydrogens (tertiary/aromatic N) is 1. The minimum Gasteiger partial charge on any atom is -0.383 e. The second kappa shape index (κ2) is 10.3. The van der Waals surface area contributed by atoms with Gasteiger partial charge >= 0.3 is 0 Å². The Bertz CT molecular complexity index is 670. The Labute approximate surface area is 178 Å². The van der Waals surface area contributed by atoms with Crippen LogP contribution in [-0.2, 0) is 11.0 Å². The maximum Gasteiger partial charge on any atom is 0.191 e. The summed E-state index contributed by atoms with van der Waals surface area (Å²) in [6.07, 6.45) is 0. The summed E-state index contributed by atoms with van der Waals surface area (Å²) in [6.45, 7) is 10.1. The van der Waals surface area contributed by atoms with Crippen LogP contribution in [-0.4, -0.2) is 30.7 Å². The molecule has 0 bridgehead atoms. The molecule has 26 heavy (non-hydrogen) atoms. The van der Waals surface area contributed by atoms with Gasteiger partial charge in [0.2, 0.25) is 0 Å². The van der Waals surface area contributed by atoms with Crippen LogP contribution >= 0.6 is 35.3 Å². The molecule has 0 fully saturated rings. The molecular weight excluding hydrogens is 457 g/mol. The highest BCUT2D eigenvalue weighted by molar-refractivity contribution is 14.0. The summed E-state index contributed by atoms with van der Waals surface area (Å²) in [4.78, 5) is 5.68. The lowest BCUT2D eigenvalue weighted by Crippen LogP contribution is -2.44. The summed E-state index contributed by atoms with van der Waals surface area (Å²) in [6, 6.07) is 14.3. The van der Waals surface area contributed by atoms with Crippen molar-refractivity contribution in [2.75, 3.05) is 19.6 Å². The van der Waals surface area contributed by atoms with Crippen molar-refractivity contribution in [3.63, 3.8) is 0 Å². The Kier molecular flexibility index (Phi) is 9.06. The molecule has 3 N–H and O–H groups in total. The van der Waals surface area contributed by atoms with Crippen LogP contribution in [0.2, 0.25) is 0 Å². The Morgan fingerprint density at radius 3 is 2.35 bits per heavy atom. The van der Waals surface area contributed by atoms with Gasteiger partial charge in [-0.15, -0.1) is 35.3 Å². The van der Waals surface area contributed by atoms with Crippen LogP contribution in [0.4, 0.5) is 0 Å². The van der Waals surface area contributed by atoms with Gasteiger partial charge in [0, 0.05) is 16.8 Å². The number of thiophene rings is 1. The van der Waals surface area contributed by atoms with Gasteiger partial charge in [0.05, 0.1) is 13.1 Å². The van der Waals surface area contributed by atoms with Crippen LogP contribution in [0.15, 0.2) is 52.8 Å². The lowest BCUT2D eigenvalue weighted by Gasteiger charge is -2.26. The topological polar surface area (TPSA) is 56.7 Å². The molecule has 1 aromatic heterocycles. The van der Waals surface area contributed by atoms with Crippen LogP contribution in [0, 0.1) is 0 Å². The predicted molar refractivity (Wildman–Crippen MR) is 123 cm³/mol. The van der Waals surface area contributed by atoms with E-state index < -0.39 is 5.60 Å². The van der Waals surface area contributed by atoms with E-state index in [1.54, 1.807) is 11.3 Å². The van der Waals surface area contributed by atoms with Gasteiger partial charge < -0.3 is 15.7 Å². The number of hydrogen-bond donors (Lipinski definition) is 3. The first-order valence-electron chi connectivity index (χ1n) is 8.69. The van der Waals surface area contributed by atoms with Crippen LogP contribution in [0.1, 0.15) is 38.1 Å². The van der Waals surface area contributed by atoms with Gasteiger partial charge in [-0.1, -0.05) is 50.2 Å². The van der Waals surface area contributed by atoms with E-state index in [0.717, 1.165) is 17.4 Å². The van der Waals surface area contributed by atoms with Crippen molar-refractivity contribution in [2.45, 2.75) is 38.7 Å². The highest BCUT2D eigenvalue weighted by atomic mass is 127. The molecule has 1 unspecified atom stereocenters. The molecule has 0 aliphatic rings. The van der Waals surface area contributed by atoms with Crippen LogP contribution in [0.25, 0.3) is 0 Å². The number of halogens is 1. The van der Waals surface area contributed by atoms with E-state index in [9.17, 15) is 5.11 Å². The van der Waals surface area contributed by atoms with Crippen molar-refractivity contribution < 1.29 is 5.11 Å². The second-order valence-corrected chi connectivity index (χ2v) is 8.00. The quantitative estimate of drug-likeness (QED) is 0.313. The predicted octanol–water partition coefficient (Wildman–Crippen LogP) is 4.11. The maximum absolute atomic E-state index is 10.7. The molecule has 2 rings (SSSR count). The molecule has 4 nitrogen and oxygen atoms in total. The van der Waals surface area contributed by atoms with Gasteiger partial charge in [-0.2, -0.15) is 0 Å². The van der Waals surface area contributed by atoms with Gasteiger partial charge in [0.15, 0.2) is 5.96 Å². The van der Waals surface area contributed by atoms with E-state index in [1.807, 2.05) is 37.4 Å². The number of nitrogens with one attached hydrogen (secondary N) is 2. The molecule has 0 saturated heterocycles. The second-order valence-electron chi connectivity index (χ2n) is 7.05. The zero-order valence-electron chi connectivity index (χ0n) is 16.0. The van der Waals surface area contributed by atoms with E-state index in [1.165, 1.54) is 5.56 Å². The molecule has 144 valence electrons. The summed E-state index contributed by atoms with van der Waals surface area (Å²) >= 11 is 1.56. The summed E-state index contributed by atoms with van der Waals surface area (Å²) in [7, 11) is 0. The number of hydrogen-bond acceptors (Lipinski definition) is 3. The molecular formula is C20H30IN3OS. The maximum atomic E-state index is 10.7. The number of aliphatic hydroxyl groups is 1. The minimum atomic E-state index is -0.917. The first-order valence-corrected chi connectivity index (χ1v) is 9.57. The summed E-state index contributed by atoms with van der Waals surface area (Å²) < 4.78 is 0. The van der Waals surface area contributed by atoms with Crippen LogP contribution in [0.3, 0.4) is 0 Å². The smallest absolute Gasteiger partial charge is 0.191 e. The Balaban J connectivity index is 0.00000338. The fraction of sp³-hybridized carbons (Fsp3) is 0.450. The Hall–Kier alpha value is -1.12. The zero-order valence-corrected chi connectivity index (χ0v) is 19.1. The molecule has 0 amide bonds. The van der Waals surface area contributed by atoms with E-state index in [0.29, 0.717) is 13.1 Å². The molecule has 2 aromatic rings. The van der Waals surface area contributed by atoms with Crippen LogP contribution < -0.4 is 10.6 Å². The highest BCUT2D eigenvalue weighted by Crippen LogP contribution is 2.25. The van der Waals surface area contributed by atoms with Crippen molar-refractivity contribution in [3.05, 3.63) is 58.3 Å². The molecule has 0 radical (unpaired) electrons. The third kappa shape index (κ3) is 6.55. The van der Waals surface area contributed by atoms with Crippen molar-refractivity contribution in [1.29, 1.82) is 0 Å². The molecule has 0 saturated carbocycles. The average Bonchev–Trinajstić information content (AvgIpc) is 3.14. The molecule has 1 aromatic carbocycles. The first-order chi connectivity index (χ1) is 11.8. The van der Waals surface area contributed by atoms with Gasteiger partial charge in [0.25, 0.3) is 0 Å². The normalized spacial score (nSPS) is 14.3. The lowest BCUT2D eigenvalue weighted by atomic mass is 9.85. The monoisotopic (exact) mass is 487 g/mol. The SMILES string of the molecule is CCNC(=NCC(C)(C)c1ccccc1)NCC(C)(O)c1cccs1.I. The highest BCUT2D eigenvalue weighted by Gasteiger charge is 2.25. The number of aliphatic imine (C=N–C) groups is 1. The van der Waals surface area contributed by atoms with Crippen LogP contribution in [0.5, 0.6) is 0 Å². The fourth-order valence-electron chi connectivity index (χ4n) is 2.53. The number of benzene rings is 1. The fourth-order valence-corrected chi connectivity index (χ4v) is 3.31. The van der Waals surface area contributed by atoms with Gasteiger partial charge in [-0.3, -0.25) is 4.99 Å². The molecule has 0 aliphatic carbocycles. The van der Waals surface area contributed by atoms with E-state index in [4.69, 9.17) is 4.99 Å². The number of rotatable bonds is 7. The lowest BCUT2D eigenvalue weighted by molar-refractivity contribution is 0.0655. The third-order valence-electron chi connectivity index (χ3n) is 4.18. The van der Waals surface area contributed by atoms with Crippen molar-refractivity contribution in [1.82, 2.24) is 10.6 Å². The Morgan fingerprint density at radius 2 is 1.77 bits per heavy atom. The summed E-state index contributed by atoms with van der Waals surface area (Å²) in [5.74, 6) is 0.725. The zero-order chi connectivity index (χ0) is 18.3. The van der Waals surface area contributed by atoms with Crippen molar-refractivity contribution >= 4 is 41.3 Å². The Morgan fingerprint density at radius 1 is 1.08 bits per heavy atom. The van der Waals surface area contributed by atoms with Gasteiger partial charge in [-0.25, -0.2) is 0 Å². The molecule has 1 heterocycles. The molecule has 6 heteroatoms.